The van der Waals surface area contributed by atoms with Crippen molar-refractivity contribution in [2.24, 2.45) is 0 Å². The molecule has 0 fully saturated rings. The molecule has 0 amide bonds. The minimum atomic E-state index is 0.175. The molecular weight excluding hydrogens is 280 g/mol. The third-order valence-corrected chi connectivity index (χ3v) is 3.47. The van der Waals surface area contributed by atoms with Crippen molar-refractivity contribution in [2.75, 3.05) is 5.73 Å². The summed E-state index contributed by atoms with van der Waals surface area (Å²) in [5.41, 5.74) is 8.90. The number of nitrogens with one attached hydrogen (secondary N) is 1. The number of rotatable bonds is 2. The van der Waals surface area contributed by atoms with E-state index >= 15 is 0 Å². The van der Waals surface area contributed by atoms with Crippen LogP contribution in [0.25, 0.3) is 28.2 Å². The summed E-state index contributed by atoms with van der Waals surface area (Å²) in [5, 5.41) is 16.6. The van der Waals surface area contributed by atoms with Crippen molar-refractivity contribution in [1.82, 2.24) is 24.6 Å². The largest absolute Gasteiger partial charge is 0.507 e. The van der Waals surface area contributed by atoms with Gasteiger partial charge < -0.3 is 10.8 Å². The highest BCUT2D eigenvalue weighted by Gasteiger charge is 2.12. The number of nitrogens with zero attached hydrogens (tertiary/aromatic N) is 4. The lowest BCUT2D eigenvalue weighted by molar-refractivity contribution is 0.477. The van der Waals surface area contributed by atoms with Gasteiger partial charge >= 0.3 is 0 Å². The molecule has 0 bridgehead atoms. The fourth-order valence-electron chi connectivity index (χ4n) is 2.38. The van der Waals surface area contributed by atoms with Gasteiger partial charge in [-0.25, -0.2) is 4.98 Å². The Bertz CT molecular complexity index is 958. The van der Waals surface area contributed by atoms with E-state index in [1.807, 2.05) is 12.3 Å². The number of hydrogen-bond acceptors (Lipinski definition) is 5. The Kier molecular flexibility index (Phi) is 2.59. The summed E-state index contributed by atoms with van der Waals surface area (Å²) >= 11 is 0. The van der Waals surface area contributed by atoms with Crippen LogP contribution in [-0.4, -0.2) is 29.7 Å². The zero-order valence-electron chi connectivity index (χ0n) is 11.4. The van der Waals surface area contributed by atoms with Gasteiger partial charge in [0.25, 0.3) is 0 Å². The number of para-hydroxylation sites is 1. The van der Waals surface area contributed by atoms with E-state index in [1.165, 1.54) is 0 Å². The van der Waals surface area contributed by atoms with Gasteiger partial charge in [-0.2, -0.15) is 10.1 Å². The van der Waals surface area contributed by atoms with Crippen LogP contribution in [0.5, 0.6) is 5.75 Å². The SMILES string of the molecule is Nc1nc2nc(-c3ccccc3O)cn2cc1-c1cn[nH]c1. The molecule has 22 heavy (non-hydrogen) atoms. The quantitative estimate of drug-likeness (QED) is 0.524. The number of hydrogen-bond donors (Lipinski definition) is 3. The molecule has 4 rings (SSSR count). The van der Waals surface area contributed by atoms with Crippen LogP contribution in [0, 0.1) is 0 Å². The van der Waals surface area contributed by atoms with Crippen molar-refractivity contribution < 1.29 is 5.11 Å². The van der Waals surface area contributed by atoms with Gasteiger partial charge in [0.2, 0.25) is 5.78 Å². The molecule has 7 heteroatoms. The van der Waals surface area contributed by atoms with Crippen LogP contribution in [0.1, 0.15) is 0 Å². The number of aromatic amines is 1. The number of H-pyrrole nitrogens is 1. The van der Waals surface area contributed by atoms with Gasteiger partial charge in [-0.1, -0.05) is 12.1 Å². The van der Waals surface area contributed by atoms with E-state index in [9.17, 15) is 5.11 Å². The zero-order valence-corrected chi connectivity index (χ0v) is 11.4. The van der Waals surface area contributed by atoms with E-state index in [0.717, 1.165) is 11.1 Å². The molecule has 0 aliphatic carbocycles. The second-order valence-electron chi connectivity index (χ2n) is 4.88. The number of aromatic nitrogens is 5. The van der Waals surface area contributed by atoms with Crippen LogP contribution in [0.2, 0.25) is 0 Å². The summed E-state index contributed by atoms with van der Waals surface area (Å²) in [6.07, 6.45) is 7.08. The number of nitrogens with two attached hydrogens (primary N) is 1. The summed E-state index contributed by atoms with van der Waals surface area (Å²) in [5.74, 6) is 1.03. The molecule has 4 aromatic rings. The molecule has 7 nitrogen and oxygen atoms in total. The Balaban J connectivity index is 1.90. The maximum absolute atomic E-state index is 9.94. The minimum absolute atomic E-state index is 0.175. The third kappa shape index (κ3) is 1.87. The van der Waals surface area contributed by atoms with Gasteiger partial charge in [-0.15, -0.1) is 0 Å². The molecule has 108 valence electrons. The van der Waals surface area contributed by atoms with Crippen LogP contribution in [0.15, 0.2) is 49.1 Å². The van der Waals surface area contributed by atoms with Crippen molar-refractivity contribution in [3.8, 4) is 28.1 Å². The zero-order chi connectivity index (χ0) is 15.1. The van der Waals surface area contributed by atoms with Crippen LogP contribution < -0.4 is 5.73 Å². The van der Waals surface area contributed by atoms with Gasteiger partial charge in [0.05, 0.1) is 11.9 Å². The van der Waals surface area contributed by atoms with Gasteiger partial charge in [-0.3, -0.25) is 9.50 Å². The number of phenolic OH excluding ortho intramolecular Hbond substituents is 1. The maximum atomic E-state index is 9.94. The first-order chi connectivity index (χ1) is 10.7. The van der Waals surface area contributed by atoms with Crippen molar-refractivity contribution in [1.29, 1.82) is 0 Å². The van der Waals surface area contributed by atoms with Gasteiger partial charge in [0.15, 0.2) is 0 Å². The Morgan fingerprint density at radius 3 is 2.73 bits per heavy atom. The highest BCUT2D eigenvalue weighted by molar-refractivity contribution is 5.74. The topological polar surface area (TPSA) is 105 Å². The van der Waals surface area contributed by atoms with Crippen molar-refractivity contribution >= 4 is 11.6 Å². The molecule has 0 saturated carbocycles. The smallest absolute Gasteiger partial charge is 0.236 e. The molecule has 0 aliphatic heterocycles. The number of anilines is 1. The van der Waals surface area contributed by atoms with E-state index < -0.39 is 0 Å². The van der Waals surface area contributed by atoms with Crippen LogP contribution >= 0.6 is 0 Å². The molecule has 0 spiro atoms. The first-order valence-corrected chi connectivity index (χ1v) is 6.65. The standard InChI is InChI=1S/C15H12N6O/c16-14-11(9-5-17-18-6-9)7-21-8-12(19-15(21)20-14)10-3-1-2-4-13(10)22/h1-8,22H,(H,17,18)(H2,16,19,20). The Morgan fingerprint density at radius 2 is 1.95 bits per heavy atom. The molecule has 3 heterocycles. The molecule has 0 radical (unpaired) electrons. The van der Waals surface area contributed by atoms with Crippen molar-refractivity contribution in [3.05, 3.63) is 49.1 Å². The lowest BCUT2D eigenvalue weighted by Crippen LogP contribution is -1.98. The second-order valence-corrected chi connectivity index (χ2v) is 4.88. The van der Waals surface area contributed by atoms with Gasteiger partial charge in [0, 0.05) is 35.3 Å². The minimum Gasteiger partial charge on any atom is -0.507 e. The number of fused-ring (bicyclic) bond motifs is 1. The average molecular weight is 292 g/mol. The number of aromatic hydroxyl groups is 1. The van der Waals surface area contributed by atoms with Gasteiger partial charge in [0.1, 0.15) is 11.6 Å². The fourth-order valence-corrected chi connectivity index (χ4v) is 2.38. The molecule has 0 aliphatic rings. The summed E-state index contributed by atoms with van der Waals surface area (Å²) in [4.78, 5) is 8.73. The van der Waals surface area contributed by atoms with E-state index in [4.69, 9.17) is 5.73 Å². The van der Waals surface area contributed by atoms with Crippen LogP contribution in [0.3, 0.4) is 0 Å². The predicted octanol–water partition coefficient (Wildman–Crippen LogP) is 2.07. The number of benzene rings is 1. The highest BCUT2D eigenvalue weighted by atomic mass is 16.3. The third-order valence-electron chi connectivity index (χ3n) is 3.47. The summed E-state index contributed by atoms with van der Waals surface area (Å²) in [6.45, 7) is 0. The number of phenols is 1. The number of imidazole rings is 1. The monoisotopic (exact) mass is 292 g/mol. The first-order valence-electron chi connectivity index (χ1n) is 6.65. The summed E-state index contributed by atoms with van der Waals surface area (Å²) < 4.78 is 1.78. The number of nitrogen functional groups attached to an aromatic ring is 1. The molecule has 0 saturated heterocycles. The normalized spacial score (nSPS) is 11.1. The fraction of sp³-hybridized carbons (Fsp3) is 0. The Hall–Kier alpha value is -3.35. The van der Waals surface area contributed by atoms with Crippen molar-refractivity contribution in [2.45, 2.75) is 0 Å². The first kappa shape index (κ1) is 12.4. The highest BCUT2D eigenvalue weighted by Crippen LogP contribution is 2.29. The molecule has 0 unspecified atom stereocenters. The van der Waals surface area contributed by atoms with E-state index in [0.29, 0.717) is 22.9 Å². The lowest BCUT2D eigenvalue weighted by atomic mass is 10.1. The lowest BCUT2D eigenvalue weighted by Gasteiger charge is -2.02. The maximum Gasteiger partial charge on any atom is 0.236 e. The molecule has 3 aromatic heterocycles. The molecule has 4 N–H and O–H groups in total. The molecular formula is C15H12N6O. The average Bonchev–Trinajstić information content (AvgIpc) is 3.15. The van der Waals surface area contributed by atoms with Crippen molar-refractivity contribution in [3.63, 3.8) is 0 Å². The predicted molar refractivity (Wildman–Crippen MR) is 82.1 cm³/mol. The van der Waals surface area contributed by atoms with E-state index in [2.05, 4.69) is 20.2 Å². The Labute approximate surface area is 125 Å². The second kappa shape index (κ2) is 4.59. The van der Waals surface area contributed by atoms with E-state index in [-0.39, 0.29) is 5.75 Å². The Morgan fingerprint density at radius 1 is 1.09 bits per heavy atom. The summed E-state index contributed by atoms with van der Waals surface area (Å²) in [6, 6.07) is 7.04. The molecule has 1 aromatic carbocycles. The molecule has 0 atom stereocenters. The van der Waals surface area contributed by atoms with Crippen LogP contribution in [0.4, 0.5) is 5.82 Å². The van der Waals surface area contributed by atoms with E-state index in [1.54, 1.807) is 41.2 Å². The summed E-state index contributed by atoms with van der Waals surface area (Å²) in [7, 11) is 0. The van der Waals surface area contributed by atoms with Crippen LogP contribution in [-0.2, 0) is 0 Å². The van der Waals surface area contributed by atoms with Gasteiger partial charge in [-0.05, 0) is 12.1 Å².